The van der Waals surface area contributed by atoms with Crippen molar-refractivity contribution < 1.29 is 9.50 Å². The van der Waals surface area contributed by atoms with E-state index >= 15 is 0 Å². The number of hydrogen-bond acceptors (Lipinski definition) is 2. The number of halogens is 2. The number of aromatic hydroxyl groups is 1. The van der Waals surface area contributed by atoms with Crippen LogP contribution in [0.1, 0.15) is 5.56 Å². The number of hydrogen-bond donors (Lipinski definition) is 2. The van der Waals surface area contributed by atoms with Crippen LogP contribution in [-0.2, 0) is 6.42 Å². The highest BCUT2D eigenvalue weighted by molar-refractivity contribution is 9.10. The Morgan fingerprint density at radius 3 is 2.85 bits per heavy atom. The third-order valence-electron chi connectivity index (χ3n) is 1.76. The van der Waals surface area contributed by atoms with Gasteiger partial charge in [0.2, 0.25) is 0 Å². The highest BCUT2D eigenvalue weighted by Gasteiger charge is 2.06. The van der Waals surface area contributed by atoms with Gasteiger partial charge in [-0.2, -0.15) is 0 Å². The monoisotopic (exact) mass is 247 g/mol. The molecule has 1 aromatic carbocycles. The zero-order valence-electron chi connectivity index (χ0n) is 7.27. The first kappa shape index (κ1) is 10.5. The van der Waals surface area contributed by atoms with Crippen LogP contribution >= 0.6 is 15.9 Å². The fourth-order valence-electron chi connectivity index (χ4n) is 1.03. The Balaban J connectivity index is 2.88. The lowest BCUT2D eigenvalue weighted by molar-refractivity contribution is 0.464. The second-order valence-corrected chi connectivity index (χ2v) is 3.60. The summed E-state index contributed by atoms with van der Waals surface area (Å²) in [5, 5.41) is 12.1. The predicted molar refractivity (Wildman–Crippen MR) is 53.4 cm³/mol. The summed E-state index contributed by atoms with van der Waals surface area (Å²) in [6.45, 7) is 0.716. The van der Waals surface area contributed by atoms with Crippen LogP contribution in [0.3, 0.4) is 0 Å². The number of phenolic OH excluding ortho intramolecular Hbond substituents is 1. The summed E-state index contributed by atoms with van der Waals surface area (Å²) in [5.41, 5.74) is 0.596. The minimum atomic E-state index is -0.365. The van der Waals surface area contributed by atoms with E-state index in [9.17, 15) is 4.39 Å². The third-order valence-corrected chi connectivity index (χ3v) is 2.40. The highest BCUT2D eigenvalue weighted by Crippen LogP contribution is 2.26. The Kier molecular flexibility index (Phi) is 3.69. The molecule has 0 aliphatic rings. The van der Waals surface area contributed by atoms with Crippen LogP contribution in [0.5, 0.6) is 5.75 Å². The zero-order valence-corrected chi connectivity index (χ0v) is 8.86. The molecule has 0 atom stereocenters. The highest BCUT2D eigenvalue weighted by atomic mass is 79.9. The molecule has 72 valence electrons. The largest absolute Gasteiger partial charge is 0.507 e. The lowest BCUT2D eigenvalue weighted by Crippen LogP contribution is -2.11. The molecule has 0 radical (unpaired) electrons. The second kappa shape index (κ2) is 4.58. The van der Waals surface area contributed by atoms with Gasteiger partial charge in [0.1, 0.15) is 11.6 Å². The van der Waals surface area contributed by atoms with Crippen molar-refractivity contribution >= 4 is 15.9 Å². The first-order chi connectivity index (χ1) is 6.15. The van der Waals surface area contributed by atoms with Crippen molar-refractivity contribution in [3.63, 3.8) is 0 Å². The van der Waals surface area contributed by atoms with Crippen LogP contribution in [0.25, 0.3) is 0 Å². The van der Waals surface area contributed by atoms with Crippen molar-refractivity contribution in [2.24, 2.45) is 0 Å². The lowest BCUT2D eigenvalue weighted by Gasteiger charge is -2.04. The van der Waals surface area contributed by atoms with E-state index in [-0.39, 0.29) is 11.6 Å². The SMILES string of the molecule is CNCCc1cc(Br)c(O)cc1F. The van der Waals surface area contributed by atoms with Gasteiger partial charge >= 0.3 is 0 Å². The van der Waals surface area contributed by atoms with E-state index in [4.69, 9.17) is 5.11 Å². The minimum Gasteiger partial charge on any atom is -0.507 e. The summed E-state index contributed by atoms with van der Waals surface area (Å²) in [4.78, 5) is 0. The van der Waals surface area contributed by atoms with Gasteiger partial charge in [0.15, 0.2) is 0 Å². The van der Waals surface area contributed by atoms with Crippen molar-refractivity contribution in [3.8, 4) is 5.75 Å². The molecule has 1 rings (SSSR count). The molecular weight excluding hydrogens is 237 g/mol. The summed E-state index contributed by atoms with van der Waals surface area (Å²) in [6.07, 6.45) is 0.612. The van der Waals surface area contributed by atoms with Crippen molar-refractivity contribution in [3.05, 3.63) is 28.0 Å². The summed E-state index contributed by atoms with van der Waals surface area (Å²) >= 11 is 3.14. The average Bonchev–Trinajstić information content (AvgIpc) is 2.09. The maximum absolute atomic E-state index is 13.1. The Morgan fingerprint density at radius 2 is 2.23 bits per heavy atom. The smallest absolute Gasteiger partial charge is 0.132 e. The maximum Gasteiger partial charge on any atom is 0.132 e. The summed E-state index contributed by atoms with van der Waals surface area (Å²) in [7, 11) is 1.81. The van der Waals surface area contributed by atoms with Crippen LogP contribution in [0.2, 0.25) is 0 Å². The Hall–Kier alpha value is -0.610. The fourth-order valence-corrected chi connectivity index (χ4v) is 1.42. The molecule has 0 saturated heterocycles. The molecule has 0 fully saturated rings. The van der Waals surface area contributed by atoms with Crippen LogP contribution in [-0.4, -0.2) is 18.7 Å². The number of rotatable bonds is 3. The van der Waals surface area contributed by atoms with Crippen molar-refractivity contribution in [1.82, 2.24) is 5.32 Å². The normalized spacial score (nSPS) is 10.4. The Labute approximate surface area is 84.9 Å². The van der Waals surface area contributed by atoms with Gasteiger partial charge in [-0.3, -0.25) is 0 Å². The molecule has 1 aromatic rings. The number of phenols is 1. The van der Waals surface area contributed by atoms with E-state index in [0.717, 1.165) is 6.07 Å². The molecular formula is C9H11BrFNO. The molecule has 2 N–H and O–H groups in total. The minimum absolute atomic E-state index is 0.0642. The van der Waals surface area contributed by atoms with Crippen LogP contribution in [0, 0.1) is 5.82 Å². The average molecular weight is 248 g/mol. The van der Waals surface area contributed by atoms with Crippen LogP contribution < -0.4 is 5.32 Å². The molecule has 0 saturated carbocycles. The third kappa shape index (κ3) is 2.67. The van der Waals surface area contributed by atoms with Gasteiger partial charge in [-0.1, -0.05) is 0 Å². The van der Waals surface area contributed by atoms with Gasteiger partial charge in [-0.25, -0.2) is 4.39 Å². The molecule has 4 heteroatoms. The summed E-state index contributed by atoms with van der Waals surface area (Å²) < 4.78 is 13.7. The van der Waals surface area contributed by atoms with E-state index in [2.05, 4.69) is 21.2 Å². The van der Waals surface area contributed by atoms with Gasteiger partial charge in [0, 0.05) is 6.07 Å². The van der Waals surface area contributed by atoms with Crippen molar-refractivity contribution in [2.75, 3.05) is 13.6 Å². The van der Waals surface area contributed by atoms with Gasteiger partial charge in [0.25, 0.3) is 0 Å². The molecule has 0 heterocycles. The Bertz CT molecular complexity index is 304. The lowest BCUT2D eigenvalue weighted by atomic mass is 10.1. The maximum atomic E-state index is 13.1. The van der Waals surface area contributed by atoms with Gasteiger partial charge in [0.05, 0.1) is 4.47 Å². The number of benzene rings is 1. The van der Waals surface area contributed by atoms with Crippen molar-refractivity contribution in [1.29, 1.82) is 0 Å². The second-order valence-electron chi connectivity index (χ2n) is 2.75. The number of nitrogens with one attached hydrogen (secondary N) is 1. The van der Waals surface area contributed by atoms with E-state index in [1.807, 2.05) is 7.05 Å². The molecule has 13 heavy (non-hydrogen) atoms. The molecule has 0 bridgehead atoms. The van der Waals surface area contributed by atoms with E-state index in [0.29, 0.717) is 23.0 Å². The van der Waals surface area contributed by atoms with Crippen LogP contribution in [0.15, 0.2) is 16.6 Å². The topological polar surface area (TPSA) is 32.3 Å². The summed E-state index contributed by atoms with van der Waals surface area (Å²) in [5.74, 6) is -0.429. The summed E-state index contributed by atoms with van der Waals surface area (Å²) in [6, 6.07) is 2.72. The van der Waals surface area contributed by atoms with Gasteiger partial charge in [-0.05, 0) is 47.6 Å². The predicted octanol–water partition coefficient (Wildman–Crippen LogP) is 2.06. The quantitative estimate of drug-likeness (QED) is 0.858. The zero-order chi connectivity index (χ0) is 9.84. The first-order valence-corrected chi connectivity index (χ1v) is 4.76. The van der Waals surface area contributed by atoms with Crippen LogP contribution in [0.4, 0.5) is 4.39 Å². The van der Waals surface area contributed by atoms with Gasteiger partial charge in [-0.15, -0.1) is 0 Å². The molecule has 0 aliphatic carbocycles. The molecule has 0 unspecified atom stereocenters. The van der Waals surface area contributed by atoms with E-state index in [1.54, 1.807) is 6.07 Å². The van der Waals surface area contributed by atoms with Crippen molar-refractivity contribution in [2.45, 2.75) is 6.42 Å². The molecule has 0 aliphatic heterocycles. The number of likely N-dealkylation sites (N-methyl/N-ethyl adjacent to an activating group) is 1. The molecule has 2 nitrogen and oxygen atoms in total. The standard InChI is InChI=1S/C9H11BrFNO/c1-12-3-2-6-4-7(10)9(13)5-8(6)11/h4-5,12-13H,2-3H2,1H3. The molecule has 0 aromatic heterocycles. The van der Waals surface area contributed by atoms with E-state index in [1.165, 1.54) is 0 Å². The Morgan fingerprint density at radius 1 is 1.54 bits per heavy atom. The molecule has 0 amide bonds. The first-order valence-electron chi connectivity index (χ1n) is 3.96. The molecule has 0 spiro atoms. The van der Waals surface area contributed by atoms with E-state index < -0.39 is 0 Å². The van der Waals surface area contributed by atoms with Gasteiger partial charge < -0.3 is 10.4 Å². The fraction of sp³-hybridized carbons (Fsp3) is 0.333.